The highest BCUT2D eigenvalue weighted by Crippen LogP contribution is 2.20. The second-order valence-electron chi connectivity index (χ2n) is 4.82. The third kappa shape index (κ3) is 3.23. The minimum Gasteiger partial charge on any atom is -0.378 e. The number of anilines is 1. The van der Waals surface area contributed by atoms with Crippen molar-refractivity contribution in [3.63, 3.8) is 0 Å². The van der Waals surface area contributed by atoms with Gasteiger partial charge in [0.1, 0.15) is 0 Å². The van der Waals surface area contributed by atoms with Crippen molar-refractivity contribution < 1.29 is 0 Å². The minimum atomic E-state index is 0.494. The Morgan fingerprint density at radius 2 is 2.05 bits per heavy atom. The normalized spacial score (nSPS) is 10.6. The van der Waals surface area contributed by atoms with Gasteiger partial charge in [-0.2, -0.15) is 5.10 Å². The van der Waals surface area contributed by atoms with Crippen molar-refractivity contribution in [1.82, 2.24) is 14.8 Å². The van der Waals surface area contributed by atoms with Gasteiger partial charge in [0.25, 0.3) is 0 Å². The molecule has 0 saturated carbocycles. The highest BCUT2D eigenvalue weighted by Gasteiger charge is 2.02. The van der Waals surface area contributed by atoms with Crippen LogP contribution in [0.3, 0.4) is 0 Å². The Morgan fingerprint density at radius 1 is 1.24 bits per heavy atom. The SMILES string of the molecule is Cc1cnc(Cl)c(NCc2ccc(-n3cccn3)cc2)c1. The van der Waals surface area contributed by atoms with Gasteiger partial charge in [-0.05, 0) is 42.3 Å². The minimum absolute atomic E-state index is 0.494. The Balaban J connectivity index is 1.70. The van der Waals surface area contributed by atoms with Crippen LogP contribution in [0.25, 0.3) is 5.69 Å². The van der Waals surface area contributed by atoms with Gasteiger partial charge in [-0.15, -0.1) is 0 Å². The van der Waals surface area contributed by atoms with Crippen LogP contribution in [0.4, 0.5) is 5.69 Å². The van der Waals surface area contributed by atoms with Crippen LogP contribution >= 0.6 is 11.6 Å². The number of hydrogen-bond donors (Lipinski definition) is 1. The molecule has 0 aliphatic rings. The van der Waals surface area contributed by atoms with E-state index in [1.54, 1.807) is 12.4 Å². The number of nitrogens with one attached hydrogen (secondary N) is 1. The van der Waals surface area contributed by atoms with Gasteiger partial charge in [0.15, 0.2) is 5.15 Å². The predicted octanol–water partition coefficient (Wildman–Crippen LogP) is 3.84. The Morgan fingerprint density at radius 3 is 2.76 bits per heavy atom. The molecule has 4 nitrogen and oxygen atoms in total. The van der Waals surface area contributed by atoms with Gasteiger partial charge in [0, 0.05) is 25.1 Å². The zero-order chi connectivity index (χ0) is 14.7. The van der Waals surface area contributed by atoms with Crippen LogP contribution in [-0.4, -0.2) is 14.8 Å². The van der Waals surface area contributed by atoms with Gasteiger partial charge in [0.05, 0.1) is 11.4 Å². The van der Waals surface area contributed by atoms with E-state index in [1.807, 2.05) is 42.1 Å². The fourth-order valence-corrected chi connectivity index (χ4v) is 2.23. The quantitative estimate of drug-likeness (QED) is 0.744. The number of aromatic nitrogens is 3. The van der Waals surface area contributed by atoms with Crippen LogP contribution in [0.15, 0.2) is 55.0 Å². The molecule has 21 heavy (non-hydrogen) atoms. The molecule has 1 aromatic carbocycles. The molecule has 0 aliphatic heterocycles. The molecule has 0 unspecified atom stereocenters. The van der Waals surface area contributed by atoms with Crippen molar-refractivity contribution in [3.05, 3.63) is 71.3 Å². The second kappa shape index (κ2) is 5.97. The lowest BCUT2D eigenvalue weighted by Crippen LogP contribution is -2.02. The third-order valence-electron chi connectivity index (χ3n) is 3.16. The molecular formula is C16H15ClN4. The summed E-state index contributed by atoms with van der Waals surface area (Å²) in [5.41, 5.74) is 4.14. The van der Waals surface area contributed by atoms with E-state index >= 15 is 0 Å². The van der Waals surface area contributed by atoms with Gasteiger partial charge in [0.2, 0.25) is 0 Å². The first kappa shape index (κ1) is 13.6. The van der Waals surface area contributed by atoms with Crippen molar-refractivity contribution >= 4 is 17.3 Å². The molecule has 0 saturated heterocycles. The van der Waals surface area contributed by atoms with Crippen molar-refractivity contribution in [2.45, 2.75) is 13.5 Å². The van der Waals surface area contributed by atoms with Crippen LogP contribution in [0.2, 0.25) is 5.15 Å². The van der Waals surface area contributed by atoms with E-state index in [2.05, 4.69) is 27.5 Å². The van der Waals surface area contributed by atoms with E-state index in [1.165, 1.54) is 5.56 Å². The van der Waals surface area contributed by atoms with Gasteiger partial charge >= 0.3 is 0 Å². The number of halogens is 1. The first-order valence-corrected chi connectivity index (χ1v) is 7.05. The van der Waals surface area contributed by atoms with Crippen molar-refractivity contribution in [3.8, 4) is 5.69 Å². The maximum absolute atomic E-state index is 6.07. The van der Waals surface area contributed by atoms with Crippen molar-refractivity contribution in [2.75, 3.05) is 5.32 Å². The Hall–Kier alpha value is -2.33. The largest absolute Gasteiger partial charge is 0.378 e. The standard InChI is InChI=1S/C16H15ClN4/c1-12-9-15(16(17)19-10-12)18-11-13-3-5-14(6-4-13)21-8-2-7-20-21/h2-10,18H,11H2,1H3. The molecule has 106 valence electrons. The average molecular weight is 299 g/mol. The molecule has 2 aromatic heterocycles. The number of nitrogens with zero attached hydrogens (tertiary/aromatic N) is 3. The zero-order valence-electron chi connectivity index (χ0n) is 11.6. The summed E-state index contributed by atoms with van der Waals surface area (Å²) in [7, 11) is 0. The number of rotatable bonds is 4. The summed E-state index contributed by atoms with van der Waals surface area (Å²) in [4.78, 5) is 4.13. The summed E-state index contributed by atoms with van der Waals surface area (Å²) in [5, 5.41) is 8.01. The topological polar surface area (TPSA) is 42.7 Å². The molecule has 0 fully saturated rings. The first-order chi connectivity index (χ1) is 10.2. The molecule has 0 aliphatic carbocycles. The van der Waals surface area contributed by atoms with Gasteiger partial charge in [-0.3, -0.25) is 0 Å². The Labute approximate surface area is 128 Å². The van der Waals surface area contributed by atoms with E-state index in [9.17, 15) is 0 Å². The summed E-state index contributed by atoms with van der Waals surface area (Å²) in [6, 6.07) is 12.1. The molecule has 0 atom stereocenters. The molecule has 0 amide bonds. The van der Waals surface area contributed by atoms with Crippen LogP contribution in [0.1, 0.15) is 11.1 Å². The summed E-state index contributed by atoms with van der Waals surface area (Å²) in [5.74, 6) is 0. The van der Waals surface area contributed by atoms with E-state index in [0.717, 1.165) is 16.9 Å². The molecular weight excluding hydrogens is 284 g/mol. The second-order valence-corrected chi connectivity index (χ2v) is 5.18. The van der Waals surface area contributed by atoms with Crippen LogP contribution in [0, 0.1) is 6.92 Å². The molecule has 3 aromatic rings. The summed E-state index contributed by atoms with van der Waals surface area (Å²) < 4.78 is 1.83. The molecule has 0 radical (unpaired) electrons. The number of hydrogen-bond acceptors (Lipinski definition) is 3. The molecule has 0 bridgehead atoms. The van der Waals surface area contributed by atoms with Crippen LogP contribution in [0.5, 0.6) is 0 Å². The highest BCUT2D eigenvalue weighted by atomic mass is 35.5. The third-order valence-corrected chi connectivity index (χ3v) is 3.47. The zero-order valence-corrected chi connectivity index (χ0v) is 12.4. The lowest BCUT2D eigenvalue weighted by Gasteiger charge is -2.09. The Kier molecular flexibility index (Phi) is 3.88. The summed E-state index contributed by atoms with van der Waals surface area (Å²) in [6.07, 6.45) is 5.44. The molecule has 3 rings (SSSR count). The first-order valence-electron chi connectivity index (χ1n) is 6.67. The fraction of sp³-hybridized carbons (Fsp3) is 0.125. The lowest BCUT2D eigenvalue weighted by molar-refractivity contribution is 0.879. The molecule has 0 spiro atoms. The van der Waals surface area contributed by atoms with Crippen molar-refractivity contribution in [1.29, 1.82) is 0 Å². The van der Waals surface area contributed by atoms with Gasteiger partial charge < -0.3 is 5.32 Å². The van der Waals surface area contributed by atoms with Crippen LogP contribution < -0.4 is 5.32 Å². The lowest BCUT2D eigenvalue weighted by atomic mass is 10.2. The molecule has 2 heterocycles. The summed E-state index contributed by atoms with van der Waals surface area (Å²) >= 11 is 6.07. The van der Waals surface area contributed by atoms with Gasteiger partial charge in [-0.25, -0.2) is 9.67 Å². The number of pyridine rings is 1. The number of benzene rings is 1. The van der Waals surface area contributed by atoms with Gasteiger partial charge in [-0.1, -0.05) is 23.7 Å². The number of aryl methyl sites for hydroxylation is 1. The predicted molar refractivity (Wildman–Crippen MR) is 84.9 cm³/mol. The monoisotopic (exact) mass is 298 g/mol. The Bertz CT molecular complexity index is 721. The smallest absolute Gasteiger partial charge is 0.152 e. The highest BCUT2D eigenvalue weighted by molar-refractivity contribution is 6.31. The molecule has 5 heteroatoms. The maximum atomic E-state index is 6.07. The van der Waals surface area contributed by atoms with E-state index in [-0.39, 0.29) is 0 Å². The fourth-order valence-electron chi connectivity index (χ4n) is 2.06. The maximum Gasteiger partial charge on any atom is 0.152 e. The molecule has 1 N–H and O–H groups in total. The van der Waals surface area contributed by atoms with Crippen molar-refractivity contribution in [2.24, 2.45) is 0 Å². The average Bonchev–Trinajstić information content (AvgIpc) is 3.03. The summed E-state index contributed by atoms with van der Waals surface area (Å²) in [6.45, 7) is 2.69. The van der Waals surface area contributed by atoms with Crippen LogP contribution in [-0.2, 0) is 6.54 Å². The van der Waals surface area contributed by atoms with E-state index in [4.69, 9.17) is 11.6 Å². The van der Waals surface area contributed by atoms with E-state index < -0.39 is 0 Å². The van der Waals surface area contributed by atoms with E-state index in [0.29, 0.717) is 11.7 Å².